The van der Waals surface area contributed by atoms with Crippen molar-refractivity contribution in [3.05, 3.63) is 11.6 Å². The van der Waals surface area contributed by atoms with Crippen LogP contribution < -0.4 is 5.32 Å². The molecule has 1 aromatic heterocycles. The highest BCUT2D eigenvalue weighted by Gasteiger charge is 2.30. The molecule has 0 saturated carbocycles. The molecule has 7 heteroatoms. The lowest BCUT2D eigenvalue weighted by Gasteiger charge is -2.39. The fourth-order valence-electron chi connectivity index (χ4n) is 4.87. The molecule has 0 spiro atoms. The van der Waals surface area contributed by atoms with Gasteiger partial charge in [0.05, 0.1) is 12.6 Å². The third-order valence-corrected chi connectivity index (χ3v) is 6.56. The van der Waals surface area contributed by atoms with Crippen LogP contribution in [-0.2, 0) is 13.6 Å². The van der Waals surface area contributed by atoms with Gasteiger partial charge in [-0.05, 0) is 58.2 Å². The summed E-state index contributed by atoms with van der Waals surface area (Å²) < 4.78 is 2.24. The van der Waals surface area contributed by atoms with E-state index in [1.807, 2.05) is 0 Å². The lowest BCUT2D eigenvalue weighted by atomic mass is 9.93. The molecule has 7 nitrogen and oxygen atoms in total. The van der Waals surface area contributed by atoms with Gasteiger partial charge in [0.25, 0.3) is 0 Å². The van der Waals surface area contributed by atoms with E-state index in [2.05, 4.69) is 36.9 Å². The molecule has 0 aromatic carbocycles. The molecule has 0 radical (unpaired) electrons. The number of nitrogens with one attached hydrogen (secondary N) is 1. The number of aliphatic hydroxyl groups excluding tert-OH is 1. The Kier molecular flexibility index (Phi) is 5.88. The Morgan fingerprint density at radius 1 is 1.04 bits per heavy atom. The van der Waals surface area contributed by atoms with Crippen molar-refractivity contribution in [3.8, 4) is 0 Å². The van der Waals surface area contributed by atoms with E-state index in [1.54, 1.807) is 0 Å². The van der Waals surface area contributed by atoms with Gasteiger partial charge in [0.1, 0.15) is 11.6 Å². The van der Waals surface area contributed by atoms with Crippen molar-refractivity contribution < 1.29 is 5.11 Å². The molecular formula is C19H34N6O. The lowest BCUT2D eigenvalue weighted by molar-refractivity contribution is 0.0775. The van der Waals surface area contributed by atoms with Crippen LogP contribution in [0.15, 0.2) is 0 Å². The van der Waals surface area contributed by atoms with Crippen LogP contribution >= 0.6 is 0 Å². The monoisotopic (exact) mass is 362 g/mol. The van der Waals surface area contributed by atoms with E-state index in [1.165, 1.54) is 32.2 Å². The number of hydrogen-bond donors (Lipinski definition) is 2. The minimum atomic E-state index is -0.121. The van der Waals surface area contributed by atoms with E-state index in [4.69, 9.17) is 0 Å². The normalized spacial score (nSPS) is 27.8. The van der Waals surface area contributed by atoms with Gasteiger partial charge in [0.2, 0.25) is 0 Å². The number of aliphatic hydroxyl groups is 1. The van der Waals surface area contributed by atoms with Crippen LogP contribution in [0.1, 0.15) is 56.1 Å². The third kappa shape index (κ3) is 4.11. The van der Waals surface area contributed by atoms with Crippen LogP contribution in [-0.4, -0.2) is 81.1 Å². The first-order chi connectivity index (χ1) is 12.7. The molecule has 0 unspecified atom stereocenters. The van der Waals surface area contributed by atoms with Crippen LogP contribution in [0.3, 0.4) is 0 Å². The van der Waals surface area contributed by atoms with Crippen molar-refractivity contribution in [1.29, 1.82) is 0 Å². The van der Waals surface area contributed by atoms with Crippen LogP contribution in [0.5, 0.6) is 0 Å². The molecule has 0 aliphatic carbocycles. The van der Waals surface area contributed by atoms with Crippen molar-refractivity contribution in [2.45, 2.75) is 63.1 Å². The summed E-state index contributed by atoms with van der Waals surface area (Å²) in [7, 11) is 2.13. The van der Waals surface area contributed by atoms with Crippen molar-refractivity contribution >= 4 is 0 Å². The summed E-state index contributed by atoms with van der Waals surface area (Å²) in [6, 6.07) is 0.742. The molecule has 0 bridgehead atoms. The second-order valence-electron chi connectivity index (χ2n) is 8.36. The number of rotatable bonds is 4. The molecular weight excluding hydrogens is 328 g/mol. The maximum atomic E-state index is 9.69. The zero-order chi connectivity index (χ0) is 17.9. The Morgan fingerprint density at radius 2 is 1.81 bits per heavy atom. The maximum Gasteiger partial charge on any atom is 0.146 e. The van der Waals surface area contributed by atoms with Gasteiger partial charge in [-0.15, -0.1) is 10.2 Å². The number of aromatic nitrogens is 3. The van der Waals surface area contributed by atoms with Crippen LogP contribution in [0, 0.1) is 0 Å². The minimum absolute atomic E-state index is 0.121. The third-order valence-electron chi connectivity index (χ3n) is 6.56. The van der Waals surface area contributed by atoms with Gasteiger partial charge in [-0.2, -0.15) is 0 Å². The van der Waals surface area contributed by atoms with Crippen molar-refractivity contribution in [2.24, 2.45) is 7.05 Å². The SMILES string of the molecule is Cn1c(CN2CCC(O)CC2)nnc1[C@@H]1CCCN(C2CCNCC2)C1. The second-order valence-corrected chi connectivity index (χ2v) is 8.36. The van der Waals surface area contributed by atoms with E-state index in [0.29, 0.717) is 5.92 Å². The van der Waals surface area contributed by atoms with Gasteiger partial charge in [-0.3, -0.25) is 9.80 Å². The molecule has 26 heavy (non-hydrogen) atoms. The van der Waals surface area contributed by atoms with Gasteiger partial charge in [0.15, 0.2) is 0 Å². The maximum absolute atomic E-state index is 9.69. The number of hydrogen-bond acceptors (Lipinski definition) is 6. The summed E-state index contributed by atoms with van der Waals surface area (Å²) in [4.78, 5) is 5.10. The standard InChI is InChI=1S/C19H34N6O/c1-23-18(14-24-11-6-17(26)7-12-24)21-22-19(23)15-3-2-10-25(13-15)16-4-8-20-9-5-16/h15-17,20,26H,2-14H2,1H3/t15-/m1/s1. The largest absolute Gasteiger partial charge is 0.393 e. The minimum Gasteiger partial charge on any atom is -0.393 e. The molecule has 3 saturated heterocycles. The number of piperidine rings is 3. The van der Waals surface area contributed by atoms with Gasteiger partial charge >= 0.3 is 0 Å². The topological polar surface area (TPSA) is 69.5 Å². The van der Waals surface area contributed by atoms with Crippen molar-refractivity contribution in [2.75, 3.05) is 39.3 Å². The Morgan fingerprint density at radius 3 is 2.58 bits per heavy atom. The highest BCUT2D eigenvalue weighted by molar-refractivity contribution is 5.05. The fraction of sp³-hybridized carbons (Fsp3) is 0.895. The number of nitrogens with zero attached hydrogens (tertiary/aromatic N) is 5. The zero-order valence-electron chi connectivity index (χ0n) is 16.1. The van der Waals surface area contributed by atoms with E-state index in [-0.39, 0.29) is 6.10 Å². The molecule has 4 rings (SSSR count). The average molecular weight is 363 g/mol. The van der Waals surface area contributed by atoms with Crippen molar-refractivity contribution in [1.82, 2.24) is 29.9 Å². The molecule has 1 aromatic rings. The van der Waals surface area contributed by atoms with Crippen LogP contribution in [0.25, 0.3) is 0 Å². The zero-order valence-corrected chi connectivity index (χ0v) is 16.1. The first kappa shape index (κ1) is 18.3. The predicted octanol–water partition coefficient (Wildman–Crippen LogP) is 0.703. The summed E-state index contributed by atoms with van der Waals surface area (Å²) in [6.45, 7) is 7.44. The van der Waals surface area contributed by atoms with Crippen LogP contribution in [0.4, 0.5) is 0 Å². The van der Waals surface area contributed by atoms with Gasteiger partial charge < -0.3 is 15.0 Å². The molecule has 3 fully saturated rings. The highest BCUT2D eigenvalue weighted by atomic mass is 16.3. The second kappa shape index (κ2) is 8.33. The van der Waals surface area contributed by atoms with E-state index in [9.17, 15) is 5.11 Å². The van der Waals surface area contributed by atoms with E-state index < -0.39 is 0 Å². The summed E-state index contributed by atoms with van der Waals surface area (Å²) in [6.07, 6.45) is 6.67. The number of likely N-dealkylation sites (tertiary alicyclic amines) is 2. The first-order valence-electron chi connectivity index (χ1n) is 10.4. The fourth-order valence-corrected chi connectivity index (χ4v) is 4.87. The molecule has 146 valence electrons. The molecule has 4 heterocycles. The molecule has 3 aliphatic rings. The van der Waals surface area contributed by atoms with Crippen molar-refractivity contribution in [3.63, 3.8) is 0 Å². The highest BCUT2D eigenvalue weighted by Crippen LogP contribution is 2.29. The smallest absolute Gasteiger partial charge is 0.146 e. The van der Waals surface area contributed by atoms with E-state index in [0.717, 1.165) is 69.8 Å². The summed E-state index contributed by atoms with van der Waals surface area (Å²) in [5.41, 5.74) is 0. The predicted molar refractivity (Wildman–Crippen MR) is 101 cm³/mol. The molecule has 2 N–H and O–H groups in total. The quantitative estimate of drug-likeness (QED) is 0.822. The average Bonchev–Trinajstić information content (AvgIpc) is 3.05. The summed E-state index contributed by atoms with van der Waals surface area (Å²) in [5.74, 6) is 2.74. The molecule has 1 atom stereocenters. The van der Waals surface area contributed by atoms with Crippen LogP contribution in [0.2, 0.25) is 0 Å². The summed E-state index contributed by atoms with van der Waals surface area (Å²) >= 11 is 0. The first-order valence-corrected chi connectivity index (χ1v) is 10.4. The Hall–Kier alpha value is -1.02. The molecule has 3 aliphatic heterocycles. The van der Waals surface area contributed by atoms with Gasteiger partial charge in [-0.25, -0.2) is 0 Å². The molecule has 0 amide bonds. The Labute approximate surface area is 156 Å². The van der Waals surface area contributed by atoms with Gasteiger partial charge in [0, 0.05) is 38.6 Å². The lowest BCUT2D eigenvalue weighted by Crippen LogP contribution is -2.47. The van der Waals surface area contributed by atoms with Gasteiger partial charge in [-0.1, -0.05) is 0 Å². The Bertz CT molecular complexity index is 577. The summed E-state index contributed by atoms with van der Waals surface area (Å²) in [5, 5.41) is 22.3. The Balaban J connectivity index is 1.38. The van der Waals surface area contributed by atoms with E-state index >= 15 is 0 Å².